The Morgan fingerprint density at radius 2 is 1.89 bits per heavy atom. The zero-order valence-corrected chi connectivity index (χ0v) is 16.7. The van der Waals surface area contributed by atoms with Crippen molar-refractivity contribution in [3.63, 3.8) is 0 Å². The standard InChI is InChI=1S/C19H18ClFN4O2S/c1-27-15-7-6-14(20)17-16(15)23-19(28-17)25-10-8-24(9-11-25)18(26)22-13-4-2-12(21)3-5-13/h2-7H,8-11H2,1H3,(H,22,26). The number of anilines is 2. The van der Waals surface area contributed by atoms with E-state index in [1.807, 2.05) is 12.1 Å². The Bertz CT molecular complexity index is 1000. The lowest BCUT2D eigenvalue weighted by atomic mass is 10.3. The van der Waals surface area contributed by atoms with Crippen LogP contribution in [0.4, 0.5) is 20.0 Å². The van der Waals surface area contributed by atoms with Gasteiger partial charge in [0.15, 0.2) is 5.13 Å². The summed E-state index contributed by atoms with van der Waals surface area (Å²) in [7, 11) is 1.61. The summed E-state index contributed by atoms with van der Waals surface area (Å²) >= 11 is 7.82. The number of thiazole rings is 1. The molecule has 1 aromatic heterocycles. The molecule has 3 aromatic rings. The molecule has 0 radical (unpaired) electrons. The van der Waals surface area contributed by atoms with Crippen molar-refractivity contribution >= 4 is 50.0 Å². The van der Waals surface area contributed by atoms with E-state index in [1.54, 1.807) is 24.1 Å². The molecule has 9 heteroatoms. The summed E-state index contributed by atoms with van der Waals surface area (Å²) in [6, 6.07) is 9.15. The minimum Gasteiger partial charge on any atom is -0.494 e. The minimum absolute atomic E-state index is 0.194. The lowest BCUT2D eigenvalue weighted by molar-refractivity contribution is 0.208. The molecule has 1 aliphatic heterocycles. The van der Waals surface area contributed by atoms with Gasteiger partial charge in [0.2, 0.25) is 0 Å². The molecule has 0 aliphatic carbocycles. The lowest BCUT2D eigenvalue weighted by Gasteiger charge is -2.34. The van der Waals surface area contributed by atoms with Crippen LogP contribution < -0.4 is 15.0 Å². The second-order valence-corrected chi connectivity index (χ2v) is 7.72. The van der Waals surface area contributed by atoms with Crippen LogP contribution in [0.5, 0.6) is 5.75 Å². The quantitative estimate of drug-likeness (QED) is 0.680. The highest BCUT2D eigenvalue weighted by Crippen LogP contribution is 2.38. The number of methoxy groups -OCH3 is 1. The fraction of sp³-hybridized carbons (Fsp3) is 0.263. The fourth-order valence-electron chi connectivity index (χ4n) is 3.08. The Morgan fingerprint density at radius 3 is 2.57 bits per heavy atom. The Hall–Kier alpha value is -2.58. The van der Waals surface area contributed by atoms with Crippen LogP contribution in [0, 0.1) is 5.82 Å². The van der Waals surface area contributed by atoms with Gasteiger partial charge in [0, 0.05) is 31.9 Å². The molecule has 2 aromatic carbocycles. The lowest BCUT2D eigenvalue weighted by Crippen LogP contribution is -2.50. The van der Waals surface area contributed by atoms with Crippen LogP contribution in [0.15, 0.2) is 36.4 Å². The van der Waals surface area contributed by atoms with Gasteiger partial charge in [0.05, 0.1) is 16.8 Å². The van der Waals surface area contributed by atoms with Gasteiger partial charge in [-0.05, 0) is 36.4 Å². The molecule has 1 fully saturated rings. The van der Waals surface area contributed by atoms with Crippen LogP contribution in [0.3, 0.4) is 0 Å². The van der Waals surface area contributed by atoms with Crippen molar-refractivity contribution in [2.24, 2.45) is 0 Å². The first-order chi connectivity index (χ1) is 13.5. The van der Waals surface area contributed by atoms with Gasteiger partial charge in [-0.2, -0.15) is 0 Å². The number of halogens is 2. The van der Waals surface area contributed by atoms with E-state index in [-0.39, 0.29) is 11.8 Å². The topological polar surface area (TPSA) is 57.7 Å². The van der Waals surface area contributed by atoms with Crippen LogP contribution in [-0.4, -0.2) is 49.2 Å². The SMILES string of the molecule is COc1ccc(Cl)c2sc(N3CCN(C(=O)Nc4ccc(F)cc4)CC3)nc12. The monoisotopic (exact) mass is 420 g/mol. The molecule has 6 nitrogen and oxygen atoms in total. The number of aromatic nitrogens is 1. The Labute approximate surface area is 170 Å². The third-order valence-corrected chi connectivity index (χ3v) is 6.18. The number of ether oxygens (including phenoxy) is 1. The Balaban J connectivity index is 1.42. The number of benzene rings is 2. The summed E-state index contributed by atoms with van der Waals surface area (Å²) in [6.45, 7) is 2.45. The average molecular weight is 421 g/mol. The number of amides is 2. The van der Waals surface area contributed by atoms with Gasteiger partial charge in [-0.25, -0.2) is 14.2 Å². The van der Waals surface area contributed by atoms with Gasteiger partial charge in [-0.1, -0.05) is 22.9 Å². The van der Waals surface area contributed by atoms with Crippen LogP contribution in [0.2, 0.25) is 5.02 Å². The van der Waals surface area contributed by atoms with Crippen molar-refractivity contribution in [3.8, 4) is 5.75 Å². The second kappa shape index (κ2) is 7.81. The highest BCUT2D eigenvalue weighted by molar-refractivity contribution is 7.22. The first-order valence-corrected chi connectivity index (χ1v) is 9.94. The van der Waals surface area contributed by atoms with Gasteiger partial charge in [-0.3, -0.25) is 0 Å². The third-order valence-electron chi connectivity index (χ3n) is 4.60. The summed E-state index contributed by atoms with van der Waals surface area (Å²) < 4.78 is 19.3. The molecule has 4 rings (SSSR count). The van der Waals surface area contributed by atoms with Crippen LogP contribution >= 0.6 is 22.9 Å². The van der Waals surface area contributed by atoms with E-state index in [4.69, 9.17) is 21.3 Å². The smallest absolute Gasteiger partial charge is 0.321 e. The van der Waals surface area contributed by atoms with E-state index in [0.717, 1.165) is 15.3 Å². The molecule has 0 bridgehead atoms. The van der Waals surface area contributed by atoms with E-state index in [9.17, 15) is 9.18 Å². The summed E-state index contributed by atoms with van der Waals surface area (Å²) in [5.41, 5.74) is 1.33. The number of carbonyl (C=O) groups excluding carboxylic acids is 1. The van der Waals surface area contributed by atoms with Gasteiger partial charge >= 0.3 is 6.03 Å². The molecule has 146 valence electrons. The van der Waals surface area contributed by atoms with Crippen LogP contribution in [-0.2, 0) is 0 Å². The number of hydrogen-bond donors (Lipinski definition) is 1. The van der Waals surface area contributed by atoms with Crippen LogP contribution in [0.25, 0.3) is 10.2 Å². The zero-order valence-electron chi connectivity index (χ0n) is 15.1. The predicted octanol–water partition coefficient (Wildman–Crippen LogP) is 4.45. The largest absolute Gasteiger partial charge is 0.494 e. The number of urea groups is 1. The molecule has 1 N–H and O–H groups in total. The van der Waals surface area contributed by atoms with Crippen molar-refractivity contribution in [3.05, 3.63) is 47.2 Å². The van der Waals surface area contributed by atoms with Crippen molar-refractivity contribution in [1.29, 1.82) is 0 Å². The van der Waals surface area contributed by atoms with E-state index in [1.165, 1.54) is 23.5 Å². The molecule has 0 unspecified atom stereocenters. The predicted molar refractivity (Wildman–Crippen MR) is 110 cm³/mol. The maximum atomic E-state index is 13.0. The highest BCUT2D eigenvalue weighted by atomic mass is 35.5. The van der Waals surface area contributed by atoms with Gasteiger partial charge in [-0.15, -0.1) is 0 Å². The zero-order chi connectivity index (χ0) is 19.7. The molecule has 1 saturated heterocycles. The molecule has 2 heterocycles. The molecular weight excluding hydrogens is 403 g/mol. The maximum Gasteiger partial charge on any atom is 0.321 e. The van der Waals surface area contributed by atoms with Crippen molar-refractivity contribution < 1.29 is 13.9 Å². The number of carbonyl (C=O) groups is 1. The number of rotatable bonds is 3. The van der Waals surface area contributed by atoms with Gasteiger partial charge in [0.1, 0.15) is 17.1 Å². The Kier molecular flexibility index (Phi) is 5.23. The maximum absolute atomic E-state index is 13.0. The van der Waals surface area contributed by atoms with Crippen LogP contribution in [0.1, 0.15) is 0 Å². The molecule has 1 aliphatic rings. The summed E-state index contributed by atoms with van der Waals surface area (Å²) in [5, 5.41) is 4.30. The summed E-state index contributed by atoms with van der Waals surface area (Å²) in [4.78, 5) is 21.0. The van der Waals surface area contributed by atoms with Gasteiger partial charge < -0.3 is 19.9 Å². The summed E-state index contributed by atoms with van der Waals surface area (Å²) in [5.74, 6) is 0.360. The number of hydrogen-bond acceptors (Lipinski definition) is 5. The normalized spacial score (nSPS) is 14.4. The molecule has 0 saturated carbocycles. The fourth-order valence-corrected chi connectivity index (χ4v) is 4.39. The number of piperazine rings is 1. The second-order valence-electron chi connectivity index (χ2n) is 6.33. The van der Waals surface area contributed by atoms with E-state index >= 15 is 0 Å². The van der Waals surface area contributed by atoms with Crippen molar-refractivity contribution in [2.45, 2.75) is 0 Å². The first-order valence-electron chi connectivity index (χ1n) is 8.74. The Morgan fingerprint density at radius 1 is 1.18 bits per heavy atom. The number of nitrogens with zero attached hydrogens (tertiary/aromatic N) is 3. The average Bonchev–Trinajstić information content (AvgIpc) is 3.16. The molecule has 2 amide bonds. The summed E-state index contributed by atoms with van der Waals surface area (Å²) in [6.07, 6.45) is 0. The first kappa shape index (κ1) is 18.8. The molecular formula is C19H18ClFN4O2S. The van der Waals surface area contributed by atoms with Crippen molar-refractivity contribution in [2.75, 3.05) is 43.5 Å². The van der Waals surface area contributed by atoms with E-state index < -0.39 is 0 Å². The molecule has 0 spiro atoms. The molecule has 0 atom stereocenters. The van der Waals surface area contributed by atoms with Gasteiger partial charge in [0.25, 0.3) is 0 Å². The van der Waals surface area contributed by atoms with E-state index in [2.05, 4.69) is 10.2 Å². The minimum atomic E-state index is -0.334. The highest BCUT2D eigenvalue weighted by Gasteiger charge is 2.24. The number of fused-ring (bicyclic) bond motifs is 1. The number of nitrogens with one attached hydrogen (secondary N) is 1. The van der Waals surface area contributed by atoms with E-state index in [0.29, 0.717) is 42.6 Å². The third kappa shape index (κ3) is 3.70. The van der Waals surface area contributed by atoms with Crippen molar-refractivity contribution in [1.82, 2.24) is 9.88 Å². The molecule has 28 heavy (non-hydrogen) atoms.